The molecule has 0 aliphatic heterocycles. The molecule has 0 radical (unpaired) electrons. The van der Waals surface area contributed by atoms with E-state index in [1.54, 1.807) is 0 Å². The highest BCUT2D eigenvalue weighted by Gasteiger charge is 2.29. The van der Waals surface area contributed by atoms with Crippen LogP contribution < -0.4 is 10.1 Å². The van der Waals surface area contributed by atoms with E-state index in [0.29, 0.717) is 12.6 Å². The van der Waals surface area contributed by atoms with Crippen molar-refractivity contribution in [2.24, 2.45) is 0 Å². The molecule has 7 heteroatoms. The van der Waals surface area contributed by atoms with Crippen LogP contribution >= 0.6 is 11.8 Å². The molecule has 0 saturated heterocycles. The third-order valence-corrected chi connectivity index (χ3v) is 4.89. The molecule has 1 heterocycles. The average molecular weight is 346 g/mol. The van der Waals surface area contributed by atoms with Crippen molar-refractivity contribution in [3.05, 3.63) is 30.1 Å². The maximum absolute atomic E-state index is 12.4. The van der Waals surface area contributed by atoms with Crippen LogP contribution in [0.1, 0.15) is 38.6 Å². The Balaban J connectivity index is 1.60. The third-order valence-electron chi connectivity index (χ3n) is 3.83. The SMILES string of the molecule is CCOc1ccc(NC(=O)[C@H](C)Sc2nnc(C)n2C2CC2)cc1. The van der Waals surface area contributed by atoms with Gasteiger partial charge in [-0.15, -0.1) is 10.2 Å². The van der Waals surface area contributed by atoms with Gasteiger partial charge in [0, 0.05) is 11.7 Å². The van der Waals surface area contributed by atoms with Crippen molar-refractivity contribution in [2.75, 3.05) is 11.9 Å². The standard InChI is InChI=1S/C17H22N4O2S/c1-4-23-15-9-5-13(6-10-15)18-16(22)11(2)24-17-20-19-12(3)21(17)14-7-8-14/h5-6,9-11,14H,4,7-8H2,1-3H3,(H,18,22)/t11-/m0/s1. The summed E-state index contributed by atoms with van der Waals surface area (Å²) in [6.45, 7) is 6.41. The van der Waals surface area contributed by atoms with Gasteiger partial charge in [0.15, 0.2) is 5.16 Å². The summed E-state index contributed by atoms with van der Waals surface area (Å²) in [7, 11) is 0. The van der Waals surface area contributed by atoms with Crippen LogP contribution in [0.2, 0.25) is 0 Å². The molecule has 1 fully saturated rings. The van der Waals surface area contributed by atoms with Crippen LogP contribution in [0.5, 0.6) is 5.75 Å². The molecule has 24 heavy (non-hydrogen) atoms. The van der Waals surface area contributed by atoms with Gasteiger partial charge in [-0.25, -0.2) is 0 Å². The summed E-state index contributed by atoms with van der Waals surface area (Å²) in [5.74, 6) is 1.66. The number of ether oxygens (including phenoxy) is 1. The molecule has 1 aliphatic carbocycles. The molecule has 0 bridgehead atoms. The lowest BCUT2D eigenvalue weighted by atomic mass is 10.3. The van der Waals surface area contributed by atoms with Crippen molar-refractivity contribution in [3.8, 4) is 5.75 Å². The molecule has 6 nitrogen and oxygen atoms in total. The molecular formula is C17H22N4O2S. The number of amides is 1. The lowest BCUT2D eigenvalue weighted by molar-refractivity contribution is -0.115. The molecule has 0 unspecified atom stereocenters. The maximum Gasteiger partial charge on any atom is 0.237 e. The zero-order chi connectivity index (χ0) is 17.1. The van der Waals surface area contributed by atoms with Crippen LogP contribution in [0.15, 0.2) is 29.4 Å². The number of benzene rings is 1. The van der Waals surface area contributed by atoms with Crippen LogP contribution in [0.3, 0.4) is 0 Å². The smallest absolute Gasteiger partial charge is 0.237 e. The second-order valence-electron chi connectivity index (χ2n) is 5.84. The maximum atomic E-state index is 12.4. The summed E-state index contributed by atoms with van der Waals surface area (Å²) in [4.78, 5) is 12.4. The predicted molar refractivity (Wildman–Crippen MR) is 94.6 cm³/mol. The Bertz CT molecular complexity index is 710. The highest BCUT2D eigenvalue weighted by atomic mass is 32.2. The molecule has 0 spiro atoms. The molecule has 2 aromatic rings. The predicted octanol–water partition coefficient (Wildman–Crippen LogP) is 3.44. The molecule has 1 saturated carbocycles. The van der Waals surface area contributed by atoms with E-state index < -0.39 is 0 Å². The number of nitrogens with one attached hydrogen (secondary N) is 1. The first-order chi connectivity index (χ1) is 11.6. The molecule has 1 aromatic carbocycles. The van der Waals surface area contributed by atoms with Crippen molar-refractivity contribution in [3.63, 3.8) is 0 Å². The van der Waals surface area contributed by atoms with Gasteiger partial charge in [0.2, 0.25) is 5.91 Å². The fraction of sp³-hybridized carbons (Fsp3) is 0.471. The largest absolute Gasteiger partial charge is 0.494 e. The van der Waals surface area contributed by atoms with Crippen LogP contribution in [-0.4, -0.2) is 32.5 Å². The summed E-state index contributed by atoms with van der Waals surface area (Å²) in [6.07, 6.45) is 2.33. The van der Waals surface area contributed by atoms with Gasteiger partial charge in [-0.2, -0.15) is 0 Å². The number of thioether (sulfide) groups is 1. The van der Waals surface area contributed by atoms with Crippen LogP contribution in [0.4, 0.5) is 5.69 Å². The second kappa shape index (κ2) is 7.25. The van der Waals surface area contributed by atoms with Gasteiger partial charge < -0.3 is 14.6 Å². The van der Waals surface area contributed by atoms with Crippen molar-refractivity contribution in [2.45, 2.75) is 50.1 Å². The Morgan fingerprint density at radius 2 is 2.08 bits per heavy atom. The molecule has 1 atom stereocenters. The van der Waals surface area contributed by atoms with Crippen molar-refractivity contribution in [1.29, 1.82) is 0 Å². The first kappa shape index (κ1) is 16.8. The van der Waals surface area contributed by atoms with E-state index in [2.05, 4.69) is 20.1 Å². The Hall–Kier alpha value is -2.02. The molecule has 128 valence electrons. The summed E-state index contributed by atoms with van der Waals surface area (Å²) in [6, 6.07) is 7.89. The van der Waals surface area contributed by atoms with Gasteiger partial charge in [-0.3, -0.25) is 4.79 Å². The number of hydrogen-bond donors (Lipinski definition) is 1. The van der Waals surface area contributed by atoms with E-state index >= 15 is 0 Å². The monoisotopic (exact) mass is 346 g/mol. The van der Waals surface area contributed by atoms with E-state index in [9.17, 15) is 4.79 Å². The van der Waals surface area contributed by atoms with Crippen molar-refractivity contribution in [1.82, 2.24) is 14.8 Å². The van der Waals surface area contributed by atoms with Gasteiger partial charge in [0.05, 0.1) is 11.9 Å². The number of hydrogen-bond acceptors (Lipinski definition) is 5. The fourth-order valence-electron chi connectivity index (χ4n) is 2.44. The van der Waals surface area contributed by atoms with Crippen LogP contribution in [0.25, 0.3) is 0 Å². The normalized spacial score (nSPS) is 15.1. The zero-order valence-corrected chi connectivity index (χ0v) is 15.0. The number of nitrogens with zero attached hydrogens (tertiary/aromatic N) is 3. The highest BCUT2D eigenvalue weighted by Crippen LogP contribution is 2.39. The second-order valence-corrected chi connectivity index (χ2v) is 7.15. The van der Waals surface area contributed by atoms with Gasteiger partial charge in [-0.05, 0) is 57.9 Å². The fourth-order valence-corrected chi connectivity index (χ4v) is 3.40. The van der Waals surface area contributed by atoms with Crippen molar-refractivity contribution >= 4 is 23.4 Å². The number of rotatable bonds is 7. The van der Waals surface area contributed by atoms with Crippen LogP contribution in [-0.2, 0) is 4.79 Å². The summed E-state index contributed by atoms with van der Waals surface area (Å²) in [5, 5.41) is 11.9. The molecule has 1 aromatic heterocycles. The lowest BCUT2D eigenvalue weighted by Crippen LogP contribution is -2.22. The van der Waals surface area contributed by atoms with E-state index in [1.165, 1.54) is 24.6 Å². The van der Waals surface area contributed by atoms with Crippen molar-refractivity contribution < 1.29 is 9.53 Å². The summed E-state index contributed by atoms with van der Waals surface area (Å²) in [5.41, 5.74) is 0.760. The summed E-state index contributed by atoms with van der Waals surface area (Å²) < 4.78 is 7.55. The van der Waals surface area contributed by atoms with Gasteiger partial charge in [0.1, 0.15) is 11.6 Å². The van der Waals surface area contributed by atoms with E-state index in [4.69, 9.17) is 4.74 Å². The average Bonchev–Trinajstić information content (AvgIpc) is 3.33. The Kier molecular flexibility index (Phi) is 5.08. The minimum Gasteiger partial charge on any atom is -0.494 e. The summed E-state index contributed by atoms with van der Waals surface area (Å²) >= 11 is 1.45. The molecule has 1 N–H and O–H groups in total. The van der Waals surface area contributed by atoms with Gasteiger partial charge >= 0.3 is 0 Å². The topological polar surface area (TPSA) is 69.0 Å². The first-order valence-corrected chi connectivity index (χ1v) is 9.08. The van der Waals surface area contributed by atoms with Crippen LogP contribution in [0, 0.1) is 6.92 Å². The quantitative estimate of drug-likeness (QED) is 0.778. The van der Waals surface area contributed by atoms with Gasteiger partial charge in [0.25, 0.3) is 0 Å². The lowest BCUT2D eigenvalue weighted by Gasteiger charge is -2.13. The molecule has 1 aliphatic rings. The number of aryl methyl sites for hydroxylation is 1. The van der Waals surface area contributed by atoms with Gasteiger partial charge in [-0.1, -0.05) is 11.8 Å². The minimum atomic E-state index is -0.252. The Morgan fingerprint density at radius 1 is 1.38 bits per heavy atom. The number of carbonyl (C=O) groups excluding carboxylic acids is 1. The van der Waals surface area contributed by atoms with E-state index in [-0.39, 0.29) is 11.2 Å². The highest BCUT2D eigenvalue weighted by molar-refractivity contribution is 8.00. The number of anilines is 1. The Morgan fingerprint density at radius 3 is 2.71 bits per heavy atom. The number of carbonyl (C=O) groups is 1. The van der Waals surface area contributed by atoms with E-state index in [0.717, 1.165) is 22.4 Å². The molecule has 3 rings (SSSR count). The Labute approximate surface area is 146 Å². The molecular weight excluding hydrogens is 324 g/mol. The molecule has 1 amide bonds. The number of aromatic nitrogens is 3. The zero-order valence-electron chi connectivity index (χ0n) is 14.2. The minimum absolute atomic E-state index is 0.0489. The first-order valence-electron chi connectivity index (χ1n) is 8.20. The van der Waals surface area contributed by atoms with E-state index in [1.807, 2.05) is 45.0 Å². The third kappa shape index (κ3) is 3.90.